The zero-order valence-corrected chi connectivity index (χ0v) is 8.46. The van der Waals surface area contributed by atoms with E-state index >= 15 is 0 Å². The van der Waals surface area contributed by atoms with Crippen molar-refractivity contribution in [1.82, 2.24) is 4.57 Å². The molecule has 0 saturated carbocycles. The molecule has 1 heterocycles. The van der Waals surface area contributed by atoms with E-state index in [0.29, 0.717) is 8.14 Å². The molecule has 6 heteroatoms. The fourth-order valence-corrected chi connectivity index (χ4v) is 1.23. The van der Waals surface area contributed by atoms with Gasteiger partial charge in [-0.3, -0.25) is 4.79 Å². The molecule has 0 aromatic carbocycles. The fraction of sp³-hybridized carbons (Fsp3) is 0.286. The lowest BCUT2D eigenvalue weighted by molar-refractivity contribution is -0.141. The summed E-state index contributed by atoms with van der Waals surface area (Å²) >= 11 is 1.86. The lowest BCUT2D eigenvalue weighted by Gasteiger charge is -2.08. The molecule has 1 aromatic heterocycles. The van der Waals surface area contributed by atoms with Crippen LogP contribution in [0.2, 0.25) is 0 Å². The molecule has 0 atom stereocenters. The Morgan fingerprint density at radius 3 is 2.54 bits per heavy atom. The molecule has 72 valence electrons. The standard InChI is InChI=1S/C7H5F3INO/c8-7(9,10)4-12-2-1-5(11)3-6(12)13/h1-3H,4H2. The van der Waals surface area contributed by atoms with Gasteiger partial charge >= 0.3 is 6.18 Å². The van der Waals surface area contributed by atoms with Crippen LogP contribution in [0.4, 0.5) is 13.2 Å². The molecule has 0 aliphatic carbocycles. The minimum atomic E-state index is -4.35. The minimum Gasteiger partial charge on any atom is -0.306 e. The molecule has 0 unspecified atom stereocenters. The highest BCUT2D eigenvalue weighted by Crippen LogP contribution is 2.16. The number of aromatic nitrogens is 1. The quantitative estimate of drug-likeness (QED) is 0.728. The Labute approximate surface area is 85.5 Å². The summed E-state index contributed by atoms with van der Waals surface area (Å²) in [6, 6.07) is 2.61. The molecule has 0 radical (unpaired) electrons. The van der Waals surface area contributed by atoms with Gasteiger partial charge in [0.1, 0.15) is 6.54 Å². The van der Waals surface area contributed by atoms with Gasteiger partial charge in [-0.1, -0.05) is 0 Å². The molecule has 13 heavy (non-hydrogen) atoms. The summed E-state index contributed by atoms with van der Waals surface area (Å²) in [6.07, 6.45) is -3.21. The molecule has 2 nitrogen and oxygen atoms in total. The van der Waals surface area contributed by atoms with Crippen molar-refractivity contribution in [3.8, 4) is 0 Å². The number of nitrogens with zero attached hydrogens (tertiary/aromatic N) is 1. The fourth-order valence-electron chi connectivity index (χ4n) is 0.807. The molecule has 0 amide bonds. The molecule has 0 fully saturated rings. The van der Waals surface area contributed by atoms with E-state index in [2.05, 4.69) is 0 Å². The van der Waals surface area contributed by atoms with Crippen LogP contribution in [0.25, 0.3) is 0 Å². The smallest absolute Gasteiger partial charge is 0.306 e. The van der Waals surface area contributed by atoms with Gasteiger partial charge in [-0.25, -0.2) is 0 Å². The Bertz CT molecular complexity index is 357. The maximum absolute atomic E-state index is 11.9. The topological polar surface area (TPSA) is 22.0 Å². The van der Waals surface area contributed by atoms with Crippen LogP contribution in [0.15, 0.2) is 23.1 Å². The van der Waals surface area contributed by atoms with E-state index in [1.807, 2.05) is 22.6 Å². The summed E-state index contributed by atoms with van der Waals surface area (Å²) < 4.78 is 36.8. The third kappa shape index (κ3) is 3.37. The maximum Gasteiger partial charge on any atom is 0.406 e. The van der Waals surface area contributed by atoms with Crippen molar-refractivity contribution in [3.05, 3.63) is 32.3 Å². The van der Waals surface area contributed by atoms with Gasteiger partial charge in [0.15, 0.2) is 0 Å². The molecule has 1 aromatic rings. The monoisotopic (exact) mass is 303 g/mol. The molecule has 0 aliphatic heterocycles. The van der Waals surface area contributed by atoms with Gasteiger partial charge in [0, 0.05) is 15.8 Å². The van der Waals surface area contributed by atoms with E-state index in [-0.39, 0.29) is 0 Å². The molecular weight excluding hydrogens is 298 g/mol. The summed E-state index contributed by atoms with van der Waals surface area (Å²) in [5, 5.41) is 0. The van der Waals surface area contributed by atoms with Gasteiger partial charge in [0.2, 0.25) is 0 Å². The number of rotatable bonds is 1. The van der Waals surface area contributed by atoms with Gasteiger partial charge in [0.25, 0.3) is 5.56 Å². The van der Waals surface area contributed by atoms with Crippen molar-refractivity contribution < 1.29 is 13.2 Å². The number of halogens is 4. The second kappa shape index (κ2) is 3.69. The average molecular weight is 303 g/mol. The maximum atomic E-state index is 11.9. The third-order valence-electron chi connectivity index (χ3n) is 1.31. The molecular formula is C7H5F3INO. The van der Waals surface area contributed by atoms with Gasteiger partial charge in [-0.15, -0.1) is 0 Å². The second-order valence-electron chi connectivity index (χ2n) is 2.43. The minimum absolute atomic E-state index is 0.626. The van der Waals surface area contributed by atoms with Gasteiger partial charge in [0.05, 0.1) is 0 Å². The van der Waals surface area contributed by atoms with Crippen LogP contribution < -0.4 is 5.56 Å². The summed E-state index contributed by atoms with van der Waals surface area (Å²) in [4.78, 5) is 11.0. The van der Waals surface area contributed by atoms with Crippen LogP contribution in [0.3, 0.4) is 0 Å². The van der Waals surface area contributed by atoms with Gasteiger partial charge < -0.3 is 4.57 Å². The largest absolute Gasteiger partial charge is 0.406 e. The van der Waals surface area contributed by atoms with Crippen LogP contribution in [0.1, 0.15) is 0 Å². The van der Waals surface area contributed by atoms with E-state index in [1.54, 1.807) is 0 Å². The van der Waals surface area contributed by atoms with Crippen LogP contribution >= 0.6 is 22.6 Å². The second-order valence-corrected chi connectivity index (χ2v) is 3.67. The van der Waals surface area contributed by atoms with Crippen molar-refractivity contribution in [2.45, 2.75) is 12.7 Å². The number of hydrogen-bond acceptors (Lipinski definition) is 1. The predicted molar refractivity (Wildman–Crippen MR) is 49.5 cm³/mol. The van der Waals surface area contributed by atoms with Crippen LogP contribution in [-0.4, -0.2) is 10.7 Å². The van der Waals surface area contributed by atoms with Crippen LogP contribution in [0.5, 0.6) is 0 Å². The Balaban J connectivity index is 2.98. The number of alkyl halides is 3. The molecule has 1 rings (SSSR count). The molecule has 0 aliphatic rings. The van der Waals surface area contributed by atoms with E-state index in [9.17, 15) is 18.0 Å². The lowest BCUT2D eigenvalue weighted by Crippen LogP contribution is -2.27. The molecule has 0 N–H and O–H groups in total. The van der Waals surface area contributed by atoms with Gasteiger partial charge in [-0.2, -0.15) is 13.2 Å². The Kier molecular flexibility index (Phi) is 2.99. The third-order valence-corrected chi connectivity index (χ3v) is 1.98. The molecule has 0 saturated heterocycles. The zero-order chi connectivity index (χ0) is 10.1. The summed E-state index contributed by atoms with van der Waals surface area (Å²) in [6.45, 7) is -1.23. The van der Waals surface area contributed by atoms with Crippen LogP contribution in [-0.2, 0) is 6.54 Å². The van der Waals surface area contributed by atoms with Crippen molar-refractivity contribution in [1.29, 1.82) is 0 Å². The molecule has 0 bridgehead atoms. The molecule has 0 spiro atoms. The number of pyridine rings is 1. The first-order chi connectivity index (χ1) is 5.88. The Morgan fingerprint density at radius 2 is 2.08 bits per heavy atom. The van der Waals surface area contributed by atoms with Crippen molar-refractivity contribution in [3.63, 3.8) is 0 Å². The van der Waals surface area contributed by atoms with Gasteiger partial charge in [-0.05, 0) is 28.7 Å². The van der Waals surface area contributed by atoms with Crippen molar-refractivity contribution >= 4 is 22.6 Å². The normalized spacial score (nSPS) is 11.7. The highest BCUT2D eigenvalue weighted by atomic mass is 127. The first-order valence-electron chi connectivity index (χ1n) is 3.31. The van der Waals surface area contributed by atoms with E-state index in [0.717, 1.165) is 12.3 Å². The highest BCUT2D eigenvalue weighted by molar-refractivity contribution is 14.1. The van der Waals surface area contributed by atoms with Crippen molar-refractivity contribution in [2.24, 2.45) is 0 Å². The summed E-state index contributed by atoms with van der Waals surface area (Å²) in [5.41, 5.74) is -0.635. The number of hydrogen-bond donors (Lipinski definition) is 0. The lowest BCUT2D eigenvalue weighted by atomic mass is 10.4. The highest BCUT2D eigenvalue weighted by Gasteiger charge is 2.28. The Morgan fingerprint density at radius 1 is 1.46 bits per heavy atom. The van der Waals surface area contributed by atoms with E-state index in [1.165, 1.54) is 6.07 Å². The van der Waals surface area contributed by atoms with E-state index < -0.39 is 18.3 Å². The van der Waals surface area contributed by atoms with Crippen LogP contribution in [0, 0.1) is 3.57 Å². The summed E-state index contributed by atoms with van der Waals surface area (Å²) in [5.74, 6) is 0. The van der Waals surface area contributed by atoms with Crippen molar-refractivity contribution in [2.75, 3.05) is 0 Å². The average Bonchev–Trinajstić information content (AvgIpc) is 1.93. The Hall–Kier alpha value is -0.530. The first kappa shape index (κ1) is 10.6. The first-order valence-corrected chi connectivity index (χ1v) is 4.39. The zero-order valence-electron chi connectivity index (χ0n) is 6.31. The van der Waals surface area contributed by atoms with E-state index in [4.69, 9.17) is 0 Å². The summed E-state index contributed by atoms with van der Waals surface area (Å²) in [7, 11) is 0. The SMILES string of the molecule is O=c1cc(I)ccn1CC(F)(F)F. The predicted octanol–water partition coefficient (Wildman–Crippen LogP) is 2.02.